The van der Waals surface area contributed by atoms with Crippen LogP contribution < -0.4 is 9.47 Å². The van der Waals surface area contributed by atoms with Crippen LogP contribution in [0.3, 0.4) is 0 Å². The summed E-state index contributed by atoms with van der Waals surface area (Å²) in [7, 11) is 3.20. The number of nitriles is 1. The molecule has 0 bridgehead atoms. The summed E-state index contributed by atoms with van der Waals surface area (Å²) in [5.41, 5.74) is 2.42. The van der Waals surface area contributed by atoms with Gasteiger partial charge in [-0.15, -0.1) is 5.10 Å². The second-order valence-electron chi connectivity index (χ2n) is 4.74. The Morgan fingerprint density at radius 1 is 1.00 bits per heavy atom. The topological polar surface area (TPSA) is 73.0 Å². The van der Waals surface area contributed by atoms with E-state index in [0.29, 0.717) is 17.2 Å². The van der Waals surface area contributed by atoms with Crippen molar-refractivity contribution in [2.45, 2.75) is 0 Å². The zero-order chi connectivity index (χ0) is 16.2. The van der Waals surface area contributed by atoms with Crippen LogP contribution in [0.15, 0.2) is 48.5 Å². The van der Waals surface area contributed by atoms with Gasteiger partial charge in [0.05, 0.1) is 19.9 Å². The molecule has 0 radical (unpaired) electrons. The third kappa shape index (κ3) is 2.72. The SMILES string of the molecule is COc1cccc(-c2c(C#N)nnn2-c2cccc(OC)c2)c1. The van der Waals surface area contributed by atoms with Gasteiger partial charge in [-0.2, -0.15) is 5.26 Å². The molecule has 0 saturated carbocycles. The van der Waals surface area contributed by atoms with Crippen molar-refractivity contribution < 1.29 is 9.47 Å². The lowest BCUT2D eigenvalue weighted by Gasteiger charge is -2.09. The molecule has 114 valence electrons. The predicted molar refractivity (Wildman–Crippen MR) is 84.6 cm³/mol. The minimum Gasteiger partial charge on any atom is -0.497 e. The van der Waals surface area contributed by atoms with Crippen LogP contribution in [-0.4, -0.2) is 29.2 Å². The van der Waals surface area contributed by atoms with E-state index >= 15 is 0 Å². The quantitative estimate of drug-likeness (QED) is 0.741. The van der Waals surface area contributed by atoms with Crippen molar-refractivity contribution in [3.8, 4) is 34.5 Å². The Bertz CT molecular complexity index is 880. The monoisotopic (exact) mass is 306 g/mol. The number of rotatable bonds is 4. The zero-order valence-electron chi connectivity index (χ0n) is 12.7. The molecule has 0 saturated heterocycles. The minimum absolute atomic E-state index is 0.251. The van der Waals surface area contributed by atoms with E-state index in [1.807, 2.05) is 48.5 Å². The molecule has 23 heavy (non-hydrogen) atoms. The van der Waals surface area contributed by atoms with E-state index in [1.54, 1.807) is 18.9 Å². The van der Waals surface area contributed by atoms with Gasteiger partial charge in [-0.1, -0.05) is 23.4 Å². The van der Waals surface area contributed by atoms with Crippen LogP contribution in [0.25, 0.3) is 16.9 Å². The highest BCUT2D eigenvalue weighted by Crippen LogP contribution is 2.28. The largest absolute Gasteiger partial charge is 0.497 e. The fraction of sp³-hybridized carbons (Fsp3) is 0.118. The van der Waals surface area contributed by atoms with Gasteiger partial charge < -0.3 is 9.47 Å². The average molecular weight is 306 g/mol. The average Bonchev–Trinajstić information content (AvgIpc) is 3.06. The minimum atomic E-state index is 0.251. The number of nitrogens with zero attached hydrogens (tertiary/aromatic N) is 4. The van der Waals surface area contributed by atoms with Crippen LogP contribution in [-0.2, 0) is 0 Å². The van der Waals surface area contributed by atoms with Gasteiger partial charge in [0, 0.05) is 11.6 Å². The number of methoxy groups -OCH3 is 2. The second-order valence-corrected chi connectivity index (χ2v) is 4.74. The van der Waals surface area contributed by atoms with Gasteiger partial charge in [0.15, 0.2) is 5.69 Å². The van der Waals surface area contributed by atoms with Crippen molar-refractivity contribution in [1.29, 1.82) is 5.26 Å². The molecular formula is C17H14N4O2. The fourth-order valence-corrected chi connectivity index (χ4v) is 2.31. The number of hydrogen-bond acceptors (Lipinski definition) is 5. The van der Waals surface area contributed by atoms with E-state index in [1.165, 1.54) is 0 Å². The summed E-state index contributed by atoms with van der Waals surface area (Å²) in [6.45, 7) is 0. The molecule has 0 fully saturated rings. The van der Waals surface area contributed by atoms with E-state index in [9.17, 15) is 5.26 Å². The second kappa shape index (κ2) is 6.20. The molecule has 6 nitrogen and oxygen atoms in total. The molecular weight excluding hydrogens is 292 g/mol. The number of hydrogen-bond donors (Lipinski definition) is 0. The molecule has 0 aliphatic carbocycles. The molecule has 3 rings (SSSR count). The van der Waals surface area contributed by atoms with Crippen LogP contribution in [0.1, 0.15) is 5.69 Å². The van der Waals surface area contributed by atoms with Gasteiger partial charge in [-0.3, -0.25) is 0 Å². The van der Waals surface area contributed by atoms with Gasteiger partial charge in [-0.25, -0.2) is 4.68 Å². The van der Waals surface area contributed by atoms with Gasteiger partial charge in [0.2, 0.25) is 0 Å². The third-order valence-corrected chi connectivity index (χ3v) is 3.42. The van der Waals surface area contributed by atoms with Crippen molar-refractivity contribution >= 4 is 0 Å². The lowest BCUT2D eigenvalue weighted by atomic mass is 10.1. The molecule has 0 amide bonds. The van der Waals surface area contributed by atoms with Crippen molar-refractivity contribution in [2.24, 2.45) is 0 Å². The maximum Gasteiger partial charge on any atom is 0.191 e. The summed E-state index contributed by atoms with van der Waals surface area (Å²) in [5, 5.41) is 17.4. The fourth-order valence-electron chi connectivity index (χ4n) is 2.31. The normalized spacial score (nSPS) is 10.1. The first-order chi connectivity index (χ1) is 11.3. The summed E-state index contributed by atoms with van der Waals surface area (Å²) >= 11 is 0. The molecule has 6 heteroatoms. The lowest BCUT2D eigenvalue weighted by molar-refractivity contribution is 0.414. The third-order valence-electron chi connectivity index (χ3n) is 3.42. The summed E-state index contributed by atoms with van der Waals surface area (Å²) in [6, 6.07) is 16.9. The molecule has 3 aromatic rings. The van der Waals surface area contributed by atoms with Crippen LogP contribution >= 0.6 is 0 Å². The van der Waals surface area contributed by atoms with Gasteiger partial charge in [0.1, 0.15) is 23.3 Å². The molecule has 1 aromatic heterocycles. The van der Waals surface area contributed by atoms with Gasteiger partial charge >= 0.3 is 0 Å². The summed E-state index contributed by atoms with van der Waals surface area (Å²) in [5.74, 6) is 1.40. The Morgan fingerprint density at radius 3 is 2.39 bits per heavy atom. The molecule has 2 aromatic carbocycles. The van der Waals surface area contributed by atoms with Gasteiger partial charge in [-0.05, 0) is 24.3 Å². The Kier molecular flexibility index (Phi) is 3.93. The van der Waals surface area contributed by atoms with E-state index in [2.05, 4.69) is 16.4 Å². The Morgan fingerprint density at radius 2 is 1.70 bits per heavy atom. The van der Waals surface area contributed by atoms with E-state index in [4.69, 9.17) is 9.47 Å². The van der Waals surface area contributed by atoms with E-state index < -0.39 is 0 Å². The van der Waals surface area contributed by atoms with Crippen molar-refractivity contribution in [1.82, 2.24) is 15.0 Å². The highest BCUT2D eigenvalue weighted by molar-refractivity contribution is 5.68. The smallest absolute Gasteiger partial charge is 0.191 e. The number of aromatic nitrogens is 3. The first kappa shape index (κ1) is 14.6. The van der Waals surface area contributed by atoms with Crippen LogP contribution in [0.2, 0.25) is 0 Å². The highest BCUT2D eigenvalue weighted by Gasteiger charge is 2.17. The standard InChI is InChI=1S/C17H14N4O2/c1-22-14-7-3-5-12(9-14)17-16(11-18)19-20-21(17)13-6-4-8-15(10-13)23-2/h3-10H,1-2H3. The van der Waals surface area contributed by atoms with Crippen molar-refractivity contribution in [2.75, 3.05) is 14.2 Å². The van der Waals surface area contributed by atoms with E-state index in [-0.39, 0.29) is 5.69 Å². The number of ether oxygens (including phenoxy) is 2. The molecule has 0 spiro atoms. The molecule has 0 unspecified atom stereocenters. The Hall–Kier alpha value is -3.33. The maximum absolute atomic E-state index is 9.35. The predicted octanol–water partition coefficient (Wildman–Crippen LogP) is 2.82. The summed E-state index contributed by atoms with van der Waals surface area (Å²) < 4.78 is 12.1. The number of benzene rings is 2. The first-order valence-electron chi connectivity index (χ1n) is 6.91. The van der Waals surface area contributed by atoms with E-state index in [0.717, 1.165) is 11.3 Å². The lowest BCUT2D eigenvalue weighted by Crippen LogP contribution is -2.00. The van der Waals surface area contributed by atoms with Crippen LogP contribution in [0.4, 0.5) is 0 Å². The highest BCUT2D eigenvalue weighted by atomic mass is 16.5. The van der Waals surface area contributed by atoms with Crippen LogP contribution in [0.5, 0.6) is 11.5 Å². The Labute approximate surface area is 133 Å². The molecule has 0 aliphatic heterocycles. The van der Waals surface area contributed by atoms with Crippen LogP contribution in [0, 0.1) is 11.3 Å². The molecule has 1 heterocycles. The van der Waals surface area contributed by atoms with Crippen molar-refractivity contribution in [3.05, 3.63) is 54.2 Å². The summed E-state index contributed by atoms with van der Waals surface area (Å²) in [4.78, 5) is 0. The zero-order valence-corrected chi connectivity index (χ0v) is 12.7. The van der Waals surface area contributed by atoms with Crippen molar-refractivity contribution in [3.63, 3.8) is 0 Å². The first-order valence-corrected chi connectivity index (χ1v) is 6.91. The maximum atomic E-state index is 9.35. The van der Waals surface area contributed by atoms with Gasteiger partial charge in [0.25, 0.3) is 0 Å². The molecule has 0 atom stereocenters. The molecule has 0 aliphatic rings. The summed E-state index contributed by atoms with van der Waals surface area (Å²) in [6.07, 6.45) is 0. The molecule has 0 N–H and O–H groups in total. The Balaban J connectivity index is 2.19.